The molecule has 0 spiro atoms. The Morgan fingerprint density at radius 1 is 1.44 bits per heavy atom. The first kappa shape index (κ1) is 12.8. The molecule has 16 heavy (non-hydrogen) atoms. The van der Waals surface area contributed by atoms with Gasteiger partial charge in [-0.05, 0) is 23.3 Å². The van der Waals surface area contributed by atoms with Crippen molar-refractivity contribution in [2.24, 2.45) is 5.73 Å². The predicted molar refractivity (Wildman–Crippen MR) is 51.9 cm³/mol. The fourth-order valence-electron chi connectivity index (χ4n) is 1.31. The number of aliphatic hydroxyl groups is 1. The van der Waals surface area contributed by atoms with Crippen molar-refractivity contribution >= 4 is 0 Å². The molecule has 0 saturated carbocycles. The Balaban J connectivity index is 3.18. The number of benzene rings is 1. The van der Waals surface area contributed by atoms with E-state index in [1.54, 1.807) is 0 Å². The second-order valence-corrected chi connectivity index (χ2v) is 3.24. The van der Waals surface area contributed by atoms with Crippen molar-refractivity contribution in [3.05, 3.63) is 29.3 Å². The normalized spacial score (nSPS) is 13.6. The van der Waals surface area contributed by atoms with Crippen molar-refractivity contribution in [1.82, 2.24) is 0 Å². The van der Waals surface area contributed by atoms with Gasteiger partial charge in [0.25, 0.3) is 0 Å². The third-order valence-electron chi connectivity index (χ3n) is 2.21. The number of aliphatic hydroxyl groups excluding tert-OH is 1. The van der Waals surface area contributed by atoms with E-state index in [0.29, 0.717) is 0 Å². The summed E-state index contributed by atoms with van der Waals surface area (Å²) >= 11 is 0. The lowest BCUT2D eigenvalue weighted by Gasteiger charge is -2.19. The number of rotatable bonds is 3. The number of hydrogen-bond acceptors (Lipinski definition) is 3. The number of hydrogen-bond donors (Lipinski definition) is 2. The maximum Gasteiger partial charge on any atom is 0.407 e. The minimum atomic E-state index is -4.55. The fourth-order valence-corrected chi connectivity index (χ4v) is 1.31. The summed E-state index contributed by atoms with van der Waals surface area (Å²) in [6.07, 6.45) is -4.55. The van der Waals surface area contributed by atoms with Crippen molar-refractivity contribution in [2.45, 2.75) is 18.8 Å². The van der Waals surface area contributed by atoms with Crippen LogP contribution in [0.25, 0.3) is 0 Å². The van der Waals surface area contributed by atoms with Crippen molar-refractivity contribution in [2.75, 3.05) is 7.11 Å². The molecule has 0 amide bonds. The van der Waals surface area contributed by atoms with Gasteiger partial charge in [0.2, 0.25) is 0 Å². The zero-order valence-electron chi connectivity index (χ0n) is 8.58. The highest BCUT2D eigenvalue weighted by atomic mass is 19.4. The van der Waals surface area contributed by atoms with Gasteiger partial charge in [0, 0.05) is 0 Å². The molecule has 0 aromatic heterocycles. The zero-order chi connectivity index (χ0) is 12.3. The van der Waals surface area contributed by atoms with E-state index in [1.807, 2.05) is 0 Å². The van der Waals surface area contributed by atoms with Crippen molar-refractivity contribution < 1.29 is 23.0 Å². The molecule has 0 heterocycles. The number of alkyl halides is 3. The van der Waals surface area contributed by atoms with Crippen LogP contribution < -0.4 is 10.5 Å². The lowest BCUT2D eigenvalue weighted by molar-refractivity contribution is -0.149. The van der Waals surface area contributed by atoms with Crippen molar-refractivity contribution in [3.63, 3.8) is 0 Å². The molecule has 0 aliphatic rings. The summed E-state index contributed by atoms with van der Waals surface area (Å²) in [6.45, 7) is -0.497. The molecule has 3 nitrogen and oxygen atoms in total. The quantitative estimate of drug-likeness (QED) is 0.839. The van der Waals surface area contributed by atoms with E-state index < -0.39 is 18.8 Å². The minimum Gasteiger partial charge on any atom is -0.497 e. The maximum atomic E-state index is 12.4. The van der Waals surface area contributed by atoms with Gasteiger partial charge in [0.15, 0.2) is 0 Å². The van der Waals surface area contributed by atoms with Gasteiger partial charge in [-0.15, -0.1) is 0 Å². The molecule has 0 aliphatic carbocycles. The van der Waals surface area contributed by atoms with E-state index in [1.165, 1.54) is 25.3 Å². The maximum absolute atomic E-state index is 12.4. The largest absolute Gasteiger partial charge is 0.497 e. The fraction of sp³-hybridized carbons (Fsp3) is 0.400. The molecular weight excluding hydrogens is 223 g/mol. The van der Waals surface area contributed by atoms with Gasteiger partial charge in [-0.1, -0.05) is 6.07 Å². The van der Waals surface area contributed by atoms with Crippen LogP contribution in [0.1, 0.15) is 17.2 Å². The third-order valence-corrected chi connectivity index (χ3v) is 2.21. The van der Waals surface area contributed by atoms with Gasteiger partial charge in [-0.3, -0.25) is 0 Å². The summed E-state index contributed by atoms with van der Waals surface area (Å²) in [7, 11) is 1.34. The van der Waals surface area contributed by atoms with Crippen molar-refractivity contribution in [1.29, 1.82) is 0 Å². The SMILES string of the molecule is COc1ccc(CO)c([C@H](N)C(F)(F)F)c1. The summed E-state index contributed by atoms with van der Waals surface area (Å²) in [6, 6.07) is 1.89. The van der Waals surface area contributed by atoms with Gasteiger partial charge >= 0.3 is 6.18 Å². The lowest BCUT2D eigenvalue weighted by atomic mass is 10.0. The van der Waals surface area contributed by atoms with Crippen LogP contribution in [-0.4, -0.2) is 18.4 Å². The number of nitrogens with two attached hydrogens (primary N) is 1. The van der Waals surface area contributed by atoms with Crippen molar-refractivity contribution in [3.8, 4) is 5.75 Å². The molecule has 3 N–H and O–H groups in total. The second-order valence-electron chi connectivity index (χ2n) is 3.24. The molecular formula is C10H12F3NO2. The van der Waals surface area contributed by atoms with Crippen LogP contribution in [0.4, 0.5) is 13.2 Å². The Morgan fingerprint density at radius 3 is 2.50 bits per heavy atom. The van der Waals surface area contributed by atoms with Crippen LogP contribution in [-0.2, 0) is 6.61 Å². The van der Waals surface area contributed by atoms with Crippen LogP contribution in [0, 0.1) is 0 Å². The molecule has 90 valence electrons. The Labute approximate surface area is 90.6 Å². The topological polar surface area (TPSA) is 55.5 Å². The summed E-state index contributed by atoms with van der Waals surface area (Å²) in [5, 5.41) is 8.93. The summed E-state index contributed by atoms with van der Waals surface area (Å²) in [4.78, 5) is 0. The van der Waals surface area contributed by atoms with Gasteiger partial charge in [0.05, 0.1) is 13.7 Å². The van der Waals surface area contributed by atoms with Gasteiger partial charge in [-0.2, -0.15) is 13.2 Å². The van der Waals surface area contributed by atoms with Crippen LogP contribution in [0.5, 0.6) is 5.75 Å². The minimum absolute atomic E-state index is 0.144. The third kappa shape index (κ3) is 2.65. The molecule has 0 radical (unpaired) electrons. The number of ether oxygens (including phenoxy) is 1. The molecule has 1 aromatic rings. The average molecular weight is 235 g/mol. The van der Waals surface area contributed by atoms with E-state index in [2.05, 4.69) is 0 Å². The van der Waals surface area contributed by atoms with Crippen LogP contribution in [0.2, 0.25) is 0 Å². The first-order chi connectivity index (χ1) is 7.40. The highest BCUT2D eigenvalue weighted by molar-refractivity contribution is 5.37. The number of methoxy groups -OCH3 is 1. The first-order valence-corrected chi connectivity index (χ1v) is 4.50. The average Bonchev–Trinajstić information content (AvgIpc) is 2.25. The van der Waals surface area contributed by atoms with Crippen LogP contribution >= 0.6 is 0 Å². The van der Waals surface area contributed by atoms with E-state index >= 15 is 0 Å². The number of halogens is 3. The van der Waals surface area contributed by atoms with Gasteiger partial charge in [0.1, 0.15) is 11.8 Å². The first-order valence-electron chi connectivity index (χ1n) is 4.50. The van der Waals surface area contributed by atoms with Crippen LogP contribution in [0.3, 0.4) is 0 Å². The molecule has 1 rings (SSSR count). The Morgan fingerprint density at radius 2 is 2.06 bits per heavy atom. The molecule has 0 fully saturated rings. The zero-order valence-corrected chi connectivity index (χ0v) is 8.58. The lowest BCUT2D eigenvalue weighted by Crippen LogP contribution is -2.29. The van der Waals surface area contributed by atoms with E-state index in [9.17, 15) is 13.2 Å². The monoisotopic (exact) mass is 235 g/mol. The molecule has 6 heteroatoms. The summed E-state index contributed by atoms with van der Waals surface area (Å²) < 4.78 is 42.1. The highest BCUT2D eigenvalue weighted by Crippen LogP contribution is 2.34. The smallest absolute Gasteiger partial charge is 0.407 e. The highest BCUT2D eigenvalue weighted by Gasteiger charge is 2.39. The molecule has 1 aromatic carbocycles. The Hall–Kier alpha value is -1.27. The second kappa shape index (κ2) is 4.71. The molecule has 0 saturated heterocycles. The molecule has 1 atom stereocenters. The van der Waals surface area contributed by atoms with E-state index in [-0.39, 0.29) is 16.9 Å². The summed E-state index contributed by atoms with van der Waals surface area (Å²) in [5.41, 5.74) is 5.05. The Kier molecular flexibility index (Phi) is 3.77. The van der Waals surface area contributed by atoms with E-state index in [4.69, 9.17) is 15.6 Å². The molecule has 0 aliphatic heterocycles. The standard InChI is InChI=1S/C10H12F3NO2/c1-16-7-3-2-6(5-15)8(4-7)9(14)10(11,12)13/h2-4,9,15H,5,14H2,1H3/t9-/m0/s1. The van der Waals surface area contributed by atoms with E-state index in [0.717, 1.165) is 0 Å². The Bertz CT molecular complexity index is 366. The molecule has 0 bridgehead atoms. The van der Waals surface area contributed by atoms with Gasteiger partial charge < -0.3 is 15.6 Å². The molecule has 0 unspecified atom stereocenters. The van der Waals surface area contributed by atoms with Crippen LogP contribution in [0.15, 0.2) is 18.2 Å². The summed E-state index contributed by atoms with van der Waals surface area (Å²) in [5.74, 6) is 0.270. The predicted octanol–water partition coefficient (Wildman–Crippen LogP) is 1.75. The van der Waals surface area contributed by atoms with Gasteiger partial charge in [-0.25, -0.2) is 0 Å².